The summed E-state index contributed by atoms with van der Waals surface area (Å²) in [7, 11) is -3.43. The molecule has 0 bridgehead atoms. The first kappa shape index (κ1) is 22.8. The minimum Gasteiger partial charge on any atom is -0.374 e. The Labute approximate surface area is 173 Å². The van der Waals surface area contributed by atoms with Gasteiger partial charge in [-0.1, -0.05) is 43.5 Å². The lowest BCUT2D eigenvalue weighted by atomic mass is 9.90. The molecule has 7 heteroatoms. The zero-order valence-electron chi connectivity index (χ0n) is 17.1. The highest BCUT2D eigenvalue weighted by molar-refractivity contribution is 7.92. The predicted molar refractivity (Wildman–Crippen MR) is 120 cm³/mol. The average molecular weight is 416 g/mol. The van der Waals surface area contributed by atoms with Gasteiger partial charge in [-0.05, 0) is 49.5 Å². The number of nitrogens with zero attached hydrogens (tertiary/aromatic N) is 1. The van der Waals surface area contributed by atoms with Crippen molar-refractivity contribution in [3.8, 4) is 0 Å². The molecule has 6 nitrogen and oxygen atoms in total. The van der Waals surface area contributed by atoms with E-state index in [-0.39, 0.29) is 0 Å². The van der Waals surface area contributed by atoms with Crippen LogP contribution in [0.4, 0.5) is 5.69 Å². The topological polar surface area (TPSA) is 91.3 Å². The van der Waals surface area contributed by atoms with Gasteiger partial charge < -0.3 is 5.11 Å². The van der Waals surface area contributed by atoms with Gasteiger partial charge in [0.25, 0.3) is 0 Å². The van der Waals surface area contributed by atoms with Gasteiger partial charge in [0.15, 0.2) is 0 Å². The van der Waals surface area contributed by atoms with E-state index in [1.54, 1.807) is 24.4 Å². The number of allylic oxidation sites excluding steroid dienone is 4. The first-order valence-corrected chi connectivity index (χ1v) is 11.2. The van der Waals surface area contributed by atoms with Crippen molar-refractivity contribution in [3.05, 3.63) is 78.7 Å². The Bertz CT molecular complexity index is 973. The molecule has 0 spiro atoms. The van der Waals surface area contributed by atoms with Gasteiger partial charge in [0, 0.05) is 17.3 Å². The lowest BCUT2D eigenvalue weighted by Crippen LogP contribution is -2.47. The maximum absolute atomic E-state index is 11.7. The molecule has 1 atom stereocenters. The van der Waals surface area contributed by atoms with E-state index in [1.165, 1.54) is 6.20 Å². The first-order chi connectivity index (χ1) is 13.5. The minimum atomic E-state index is -3.43. The molecular weight excluding hydrogens is 386 g/mol. The number of aromatic nitrogens is 1. The van der Waals surface area contributed by atoms with Crippen molar-refractivity contribution in [2.75, 3.05) is 11.0 Å². The average Bonchev–Trinajstić information content (AvgIpc) is 2.65. The number of anilines is 1. The Kier molecular flexibility index (Phi) is 7.35. The molecule has 1 heterocycles. The monoisotopic (exact) mass is 415 g/mol. The van der Waals surface area contributed by atoms with Crippen molar-refractivity contribution in [2.24, 2.45) is 0 Å². The second-order valence-electron chi connectivity index (χ2n) is 7.50. The molecule has 0 amide bonds. The van der Waals surface area contributed by atoms with Crippen molar-refractivity contribution in [1.29, 1.82) is 0 Å². The smallest absolute Gasteiger partial charge is 0.229 e. The fraction of sp³-hybridized carbons (Fsp3) is 0.318. The van der Waals surface area contributed by atoms with Gasteiger partial charge in [-0.3, -0.25) is 15.0 Å². The number of nitrogens with one attached hydrogen (secondary N) is 2. The molecule has 2 rings (SSSR count). The summed E-state index contributed by atoms with van der Waals surface area (Å²) in [6, 6.07) is 1.77. The highest BCUT2D eigenvalue weighted by atomic mass is 32.2. The third-order valence-corrected chi connectivity index (χ3v) is 5.24. The van der Waals surface area contributed by atoms with E-state index in [0.29, 0.717) is 5.69 Å². The summed E-state index contributed by atoms with van der Waals surface area (Å²) in [5, 5.41) is 14.0. The van der Waals surface area contributed by atoms with Gasteiger partial charge in [-0.2, -0.15) is 0 Å². The van der Waals surface area contributed by atoms with Gasteiger partial charge in [0.2, 0.25) is 10.0 Å². The van der Waals surface area contributed by atoms with E-state index in [2.05, 4.69) is 28.2 Å². The number of aliphatic hydroxyl groups is 1. The SMILES string of the molecule is C=CC=CC(=C)C(C)(C)NC(O)C1=CCCC(c2ccncc2NS(C)(=O)=O)=C1. The lowest BCUT2D eigenvalue weighted by molar-refractivity contribution is 0.146. The molecule has 0 aromatic carbocycles. The minimum absolute atomic E-state index is 0.424. The molecular formula is C22H29N3O3S. The number of rotatable bonds is 9. The number of hydrogen-bond acceptors (Lipinski definition) is 5. The molecule has 1 aliphatic rings. The summed E-state index contributed by atoms with van der Waals surface area (Å²) in [4.78, 5) is 4.02. The molecule has 0 aliphatic heterocycles. The van der Waals surface area contributed by atoms with Crippen LogP contribution in [0.3, 0.4) is 0 Å². The Morgan fingerprint density at radius 1 is 1.41 bits per heavy atom. The quantitative estimate of drug-likeness (QED) is 0.424. The van der Waals surface area contributed by atoms with Crippen LogP contribution in [-0.2, 0) is 10.0 Å². The second-order valence-corrected chi connectivity index (χ2v) is 9.25. The molecule has 0 radical (unpaired) electrons. The van der Waals surface area contributed by atoms with E-state index in [9.17, 15) is 13.5 Å². The molecule has 29 heavy (non-hydrogen) atoms. The van der Waals surface area contributed by atoms with Crippen LogP contribution >= 0.6 is 0 Å². The highest BCUT2D eigenvalue weighted by Gasteiger charge is 2.25. The van der Waals surface area contributed by atoms with Crippen LogP contribution in [0, 0.1) is 0 Å². The summed E-state index contributed by atoms with van der Waals surface area (Å²) in [6.07, 6.45) is 14.0. The third-order valence-electron chi connectivity index (χ3n) is 4.65. The maximum atomic E-state index is 11.7. The molecule has 0 saturated heterocycles. The van der Waals surface area contributed by atoms with Crippen molar-refractivity contribution in [2.45, 2.75) is 38.5 Å². The Balaban J connectivity index is 2.26. The van der Waals surface area contributed by atoms with E-state index in [4.69, 9.17) is 0 Å². The predicted octanol–water partition coefficient (Wildman–Crippen LogP) is 3.54. The summed E-state index contributed by atoms with van der Waals surface area (Å²) < 4.78 is 25.8. The van der Waals surface area contributed by atoms with Crippen LogP contribution in [-0.4, -0.2) is 36.5 Å². The van der Waals surface area contributed by atoms with Crippen molar-refractivity contribution in [3.63, 3.8) is 0 Å². The van der Waals surface area contributed by atoms with Crippen LogP contribution in [0.25, 0.3) is 5.57 Å². The Hall–Kier alpha value is -2.48. The van der Waals surface area contributed by atoms with Crippen LogP contribution in [0.15, 0.2) is 73.1 Å². The Morgan fingerprint density at radius 2 is 2.14 bits per heavy atom. The number of pyridine rings is 1. The second kappa shape index (κ2) is 9.35. The zero-order valence-corrected chi connectivity index (χ0v) is 18.0. The highest BCUT2D eigenvalue weighted by Crippen LogP contribution is 2.32. The number of aliphatic hydroxyl groups excluding tert-OH is 1. The van der Waals surface area contributed by atoms with Gasteiger partial charge in [0.1, 0.15) is 6.23 Å². The van der Waals surface area contributed by atoms with E-state index in [1.807, 2.05) is 32.1 Å². The van der Waals surface area contributed by atoms with E-state index < -0.39 is 21.8 Å². The van der Waals surface area contributed by atoms with Crippen molar-refractivity contribution >= 4 is 21.3 Å². The summed E-state index contributed by atoms with van der Waals surface area (Å²) in [6.45, 7) is 11.6. The summed E-state index contributed by atoms with van der Waals surface area (Å²) >= 11 is 0. The zero-order chi connectivity index (χ0) is 21.7. The maximum Gasteiger partial charge on any atom is 0.229 e. The molecule has 0 fully saturated rings. The fourth-order valence-corrected chi connectivity index (χ4v) is 3.56. The van der Waals surface area contributed by atoms with Gasteiger partial charge >= 0.3 is 0 Å². The molecule has 156 valence electrons. The molecule has 0 saturated carbocycles. The number of hydrogen-bond donors (Lipinski definition) is 3. The van der Waals surface area contributed by atoms with Crippen LogP contribution in [0.1, 0.15) is 32.3 Å². The van der Waals surface area contributed by atoms with Crippen LogP contribution in [0.5, 0.6) is 0 Å². The summed E-state index contributed by atoms with van der Waals surface area (Å²) in [5.74, 6) is 0. The summed E-state index contributed by atoms with van der Waals surface area (Å²) in [5.41, 5.74) is 3.10. The fourth-order valence-electron chi connectivity index (χ4n) is 3.00. The van der Waals surface area contributed by atoms with Gasteiger partial charge in [-0.25, -0.2) is 8.42 Å². The van der Waals surface area contributed by atoms with Crippen molar-refractivity contribution in [1.82, 2.24) is 10.3 Å². The molecule has 1 aromatic rings. The lowest BCUT2D eigenvalue weighted by Gasteiger charge is -2.32. The standard InChI is InChI=1S/C22H29N3O3S/c1-6-7-9-16(2)22(3,4)24-21(26)18-11-8-10-17(14-18)19-12-13-23-15-20(19)25-29(5,27)28/h6-7,9,11-15,21,24-26H,1-2,8,10H2,3-5H3. The van der Waals surface area contributed by atoms with Crippen LogP contribution in [0.2, 0.25) is 0 Å². The Morgan fingerprint density at radius 3 is 2.79 bits per heavy atom. The molecule has 1 aliphatic carbocycles. The first-order valence-electron chi connectivity index (χ1n) is 9.30. The number of sulfonamides is 1. The normalized spacial score (nSPS) is 16.1. The van der Waals surface area contributed by atoms with E-state index >= 15 is 0 Å². The van der Waals surface area contributed by atoms with Crippen molar-refractivity contribution < 1.29 is 13.5 Å². The van der Waals surface area contributed by atoms with Gasteiger partial charge in [0.05, 0.1) is 18.1 Å². The van der Waals surface area contributed by atoms with Gasteiger partial charge in [-0.15, -0.1) is 0 Å². The molecule has 1 aromatic heterocycles. The largest absolute Gasteiger partial charge is 0.374 e. The van der Waals surface area contributed by atoms with E-state index in [0.717, 1.165) is 41.4 Å². The van der Waals surface area contributed by atoms with Crippen LogP contribution < -0.4 is 10.0 Å². The molecule has 3 N–H and O–H groups in total. The third kappa shape index (κ3) is 6.52. The molecule has 1 unspecified atom stereocenters.